The maximum atomic E-state index is 12.5. The summed E-state index contributed by atoms with van der Waals surface area (Å²) in [6.07, 6.45) is 2.88. The lowest BCUT2D eigenvalue weighted by Gasteiger charge is -2.36. The molecule has 0 unspecified atom stereocenters. The molecule has 2 N–H and O–H groups in total. The second-order valence-corrected chi connectivity index (χ2v) is 11.7. The molecule has 2 heterocycles. The highest BCUT2D eigenvalue weighted by Gasteiger charge is 2.23. The number of carbonyl (C=O) groups excluding carboxylic acids is 2. The minimum Gasteiger partial charge on any atom is -0.494 e. The zero-order chi connectivity index (χ0) is 29.6. The Morgan fingerprint density at radius 3 is 2.24 bits per heavy atom. The number of anilines is 5. The van der Waals surface area contributed by atoms with Gasteiger partial charge in [-0.25, -0.2) is 18.4 Å². The third-order valence-corrected chi connectivity index (χ3v) is 7.74. The number of nitrogens with one attached hydrogen (secondary N) is 2. The molecule has 1 aliphatic heterocycles. The Balaban J connectivity index is 1.40. The molecule has 1 saturated heterocycles. The highest BCUT2D eigenvalue weighted by Crippen LogP contribution is 2.32. The number of para-hydroxylation sites is 1. The summed E-state index contributed by atoms with van der Waals surface area (Å²) < 4.78 is 29.9. The average molecular weight is 583 g/mol. The zero-order valence-electron chi connectivity index (χ0n) is 23.5. The number of rotatable bonds is 10. The fourth-order valence-electron chi connectivity index (χ4n) is 4.34. The zero-order valence-corrected chi connectivity index (χ0v) is 24.3. The molecule has 1 aromatic heterocycles. The quantitative estimate of drug-likeness (QED) is 0.362. The largest absolute Gasteiger partial charge is 0.494 e. The normalized spacial score (nSPS) is 13.5. The Labute approximate surface area is 239 Å². The smallest absolute Gasteiger partial charge is 0.232 e. The highest BCUT2D eigenvalue weighted by molar-refractivity contribution is 7.90. The Morgan fingerprint density at radius 2 is 1.61 bits per heavy atom. The van der Waals surface area contributed by atoms with Gasteiger partial charge in [0.15, 0.2) is 9.84 Å². The van der Waals surface area contributed by atoms with E-state index in [1.165, 1.54) is 17.3 Å². The lowest BCUT2D eigenvalue weighted by atomic mass is 10.2. The molecule has 14 heteroatoms. The molecule has 0 radical (unpaired) electrons. The average Bonchev–Trinajstić information content (AvgIpc) is 2.96. The fourth-order valence-corrected chi connectivity index (χ4v) is 5.18. The van der Waals surface area contributed by atoms with Gasteiger partial charge in [-0.15, -0.1) is 0 Å². The minimum absolute atomic E-state index is 0.0111. The maximum Gasteiger partial charge on any atom is 0.232 e. The molecule has 13 nitrogen and oxygen atoms in total. The lowest BCUT2D eigenvalue weighted by molar-refractivity contribution is -0.136. The molecule has 1 aliphatic rings. The van der Waals surface area contributed by atoms with Crippen molar-refractivity contribution >= 4 is 50.6 Å². The van der Waals surface area contributed by atoms with E-state index >= 15 is 0 Å². The van der Waals surface area contributed by atoms with Gasteiger partial charge in [-0.05, 0) is 24.3 Å². The van der Waals surface area contributed by atoms with Crippen molar-refractivity contribution < 1.29 is 22.7 Å². The predicted molar refractivity (Wildman–Crippen MR) is 156 cm³/mol. The van der Waals surface area contributed by atoms with Crippen molar-refractivity contribution in [3.05, 3.63) is 48.8 Å². The molecule has 4 rings (SSSR count). The number of aromatic nitrogens is 3. The van der Waals surface area contributed by atoms with Crippen LogP contribution in [0.25, 0.3) is 0 Å². The van der Waals surface area contributed by atoms with Gasteiger partial charge >= 0.3 is 0 Å². The molecule has 3 aromatic rings. The van der Waals surface area contributed by atoms with Crippen molar-refractivity contribution in [3.63, 3.8) is 0 Å². The Bertz CT molecular complexity index is 1510. The Kier molecular flexibility index (Phi) is 9.22. The van der Waals surface area contributed by atoms with Gasteiger partial charge in [0.2, 0.25) is 23.7 Å². The monoisotopic (exact) mass is 582 g/mol. The molecule has 218 valence electrons. The maximum absolute atomic E-state index is 12.5. The first-order valence-corrected chi connectivity index (χ1v) is 14.9. The molecule has 0 atom stereocenters. The molecule has 0 bridgehead atoms. The van der Waals surface area contributed by atoms with Crippen LogP contribution in [-0.4, -0.2) is 98.6 Å². The van der Waals surface area contributed by atoms with Gasteiger partial charge in [0.1, 0.15) is 12.1 Å². The highest BCUT2D eigenvalue weighted by atomic mass is 32.2. The van der Waals surface area contributed by atoms with Crippen molar-refractivity contribution in [1.82, 2.24) is 24.8 Å². The number of sulfone groups is 1. The van der Waals surface area contributed by atoms with Gasteiger partial charge in [-0.1, -0.05) is 12.1 Å². The van der Waals surface area contributed by atoms with Crippen LogP contribution in [0.1, 0.15) is 12.8 Å². The van der Waals surface area contributed by atoms with Crippen molar-refractivity contribution in [2.24, 2.45) is 0 Å². The van der Waals surface area contributed by atoms with E-state index in [-0.39, 0.29) is 41.4 Å². The number of amides is 2. The van der Waals surface area contributed by atoms with E-state index in [9.17, 15) is 18.0 Å². The van der Waals surface area contributed by atoms with Gasteiger partial charge in [0.05, 0.1) is 23.4 Å². The van der Waals surface area contributed by atoms with Crippen LogP contribution in [0.3, 0.4) is 0 Å². The van der Waals surface area contributed by atoms with Crippen molar-refractivity contribution in [1.29, 1.82) is 0 Å². The second-order valence-electron chi connectivity index (χ2n) is 9.69. The summed E-state index contributed by atoms with van der Waals surface area (Å²) in [5, 5.41) is 6.08. The number of nitrogens with zero attached hydrogens (tertiary/aromatic N) is 6. The van der Waals surface area contributed by atoms with Crippen molar-refractivity contribution in [3.8, 4) is 5.75 Å². The number of hydrogen-bond acceptors (Lipinski definition) is 11. The topological polar surface area (TPSA) is 150 Å². The molecule has 2 amide bonds. The summed E-state index contributed by atoms with van der Waals surface area (Å²) in [4.78, 5) is 42.6. The van der Waals surface area contributed by atoms with Crippen molar-refractivity contribution in [2.75, 3.05) is 69.2 Å². The van der Waals surface area contributed by atoms with Gasteiger partial charge in [0.25, 0.3) is 0 Å². The lowest BCUT2D eigenvalue weighted by Crippen LogP contribution is -2.49. The standard InChI is InChI=1S/C27H34N8O5S/c1-33(2)24(36)11-12-25(37)35-15-13-34(14-16-35)19-9-10-20(22(17-19)40-3)30-26-28-18-29-27(32-26)31-21-7-5-6-8-23(21)41(4,38)39/h5-10,17-18H,11-16H2,1-4H3,(H2,28,29,30,31,32). The summed E-state index contributed by atoms with van der Waals surface area (Å²) >= 11 is 0. The number of carbonyl (C=O) groups is 2. The summed E-state index contributed by atoms with van der Waals surface area (Å²) in [6.45, 7) is 2.45. The van der Waals surface area contributed by atoms with E-state index in [2.05, 4.69) is 30.5 Å². The number of hydrogen-bond donors (Lipinski definition) is 2. The minimum atomic E-state index is -3.45. The number of benzene rings is 2. The molecule has 0 saturated carbocycles. The van der Waals surface area contributed by atoms with E-state index < -0.39 is 9.84 Å². The van der Waals surface area contributed by atoms with Crippen LogP contribution < -0.4 is 20.3 Å². The van der Waals surface area contributed by atoms with Gasteiger partial charge in [0, 0.05) is 71.1 Å². The van der Waals surface area contributed by atoms with Gasteiger partial charge in [-0.3, -0.25) is 9.59 Å². The van der Waals surface area contributed by atoms with Crippen LogP contribution in [0, 0.1) is 0 Å². The number of ether oxygens (including phenoxy) is 1. The number of piperazine rings is 1. The van der Waals surface area contributed by atoms with E-state index in [1.807, 2.05) is 18.2 Å². The summed E-state index contributed by atoms with van der Waals surface area (Å²) in [6, 6.07) is 12.2. The molecule has 0 spiro atoms. The van der Waals surface area contributed by atoms with E-state index in [4.69, 9.17) is 4.74 Å². The third-order valence-electron chi connectivity index (χ3n) is 6.59. The van der Waals surface area contributed by atoms with E-state index in [0.717, 1.165) is 11.9 Å². The molecule has 0 aliphatic carbocycles. The summed E-state index contributed by atoms with van der Waals surface area (Å²) in [7, 11) is 1.48. The molecule has 41 heavy (non-hydrogen) atoms. The second kappa shape index (κ2) is 12.8. The van der Waals surface area contributed by atoms with E-state index in [1.54, 1.807) is 44.3 Å². The van der Waals surface area contributed by atoms with Crippen LogP contribution in [0.4, 0.5) is 29.0 Å². The van der Waals surface area contributed by atoms with E-state index in [0.29, 0.717) is 43.3 Å². The van der Waals surface area contributed by atoms with Crippen LogP contribution in [0.2, 0.25) is 0 Å². The van der Waals surface area contributed by atoms with Crippen molar-refractivity contribution in [2.45, 2.75) is 17.7 Å². The van der Waals surface area contributed by atoms with Crippen LogP contribution >= 0.6 is 0 Å². The summed E-state index contributed by atoms with van der Waals surface area (Å²) in [5.41, 5.74) is 1.93. The molecule has 2 aromatic carbocycles. The summed E-state index contributed by atoms with van der Waals surface area (Å²) in [5.74, 6) is 0.918. The molecular weight excluding hydrogens is 548 g/mol. The van der Waals surface area contributed by atoms with Gasteiger partial charge < -0.3 is 30.1 Å². The third kappa shape index (κ3) is 7.60. The predicted octanol–water partition coefficient (Wildman–Crippen LogP) is 2.29. The first-order chi connectivity index (χ1) is 19.5. The molecule has 1 fully saturated rings. The first kappa shape index (κ1) is 29.5. The molecular formula is C27H34N8O5S. The Morgan fingerprint density at radius 1 is 0.951 bits per heavy atom. The number of methoxy groups -OCH3 is 1. The van der Waals surface area contributed by atoms with Crippen LogP contribution in [0.5, 0.6) is 5.75 Å². The Hall–Kier alpha value is -4.46. The van der Waals surface area contributed by atoms with Crippen LogP contribution in [-0.2, 0) is 19.4 Å². The fraction of sp³-hybridized carbons (Fsp3) is 0.370. The van der Waals surface area contributed by atoms with Gasteiger partial charge in [-0.2, -0.15) is 4.98 Å². The SMILES string of the molecule is COc1cc(N2CCN(C(=O)CCC(=O)N(C)C)CC2)ccc1Nc1ncnc(Nc2ccccc2S(C)(=O)=O)n1. The van der Waals surface area contributed by atoms with Crippen LogP contribution in [0.15, 0.2) is 53.7 Å². The first-order valence-electron chi connectivity index (χ1n) is 13.0.